The van der Waals surface area contributed by atoms with Crippen molar-refractivity contribution in [1.29, 1.82) is 0 Å². The van der Waals surface area contributed by atoms with Crippen molar-refractivity contribution in [3.05, 3.63) is 23.9 Å². The van der Waals surface area contributed by atoms with Gasteiger partial charge in [-0.1, -0.05) is 13.0 Å². The lowest BCUT2D eigenvalue weighted by molar-refractivity contribution is -0.0599. The van der Waals surface area contributed by atoms with Gasteiger partial charge in [-0.2, -0.15) is 0 Å². The van der Waals surface area contributed by atoms with E-state index < -0.39 is 0 Å². The van der Waals surface area contributed by atoms with Crippen LogP contribution in [0, 0.1) is 0 Å². The van der Waals surface area contributed by atoms with Crippen molar-refractivity contribution < 1.29 is 4.74 Å². The molecule has 1 aromatic heterocycles. The van der Waals surface area contributed by atoms with Crippen molar-refractivity contribution in [2.24, 2.45) is 0 Å². The van der Waals surface area contributed by atoms with Crippen molar-refractivity contribution >= 4 is 5.82 Å². The van der Waals surface area contributed by atoms with Crippen LogP contribution in [-0.2, 0) is 4.74 Å². The molecule has 0 spiro atoms. The van der Waals surface area contributed by atoms with Gasteiger partial charge in [0, 0.05) is 24.3 Å². The van der Waals surface area contributed by atoms with Gasteiger partial charge in [-0.3, -0.25) is 4.90 Å². The monoisotopic (exact) mass is 235 g/mol. The Kier molecular flexibility index (Phi) is 3.97. The van der Waals surface area contributed by atoms with Gasteiger partial charge < -0.3 is 10.5 Å². The first-order valence-electron chi connectivity index (χ1n) is 6.27. The van der Waals surface area contributed by atoms with Crippen LogP contribution in [0.4, 0.5) is 5.82 Å². The molecule has 1 aliphatic rings. The molecule has 94 valence electrons. The Hall–Kier alpha value is -1.13. The molecule has 0 radical (unpaired) electrons. The molecule has 0 bridgehead atoms. The average Bonchev–Trinajstić information content (AvgIpc) is 2.33. The number of rotatable bonds is 3. The van der Waals surface area contributed by atoms with Crippen LogP contribution in [0.25, 0.3) is 0 Å². The lowest BCUT2D eigenvalue weighted by atomic mass is 10.1. The molecule has 0 saturated carbocycles. The predicted octanol–water partition coefficient (Wildman–Crippen LogP) is 1.84. The fourth-order valence-electron chi connectivity index (χ4n) is 2.21. The van der Waals surface area contributed by atoms with Crippen LogP contribution < -0.4 is 5.73 Å². The number of ether oxygens (including phenoxy) is 1. The molecule has 0 unspecified atom stereocenters. The van der Waals surface area contributed by atoms with Gasteiger partial charge in [-0.05, 0) is 26.0 Å². The summed E-state index contributed by atoms with van der Waals surface area (Å²) >= 11 is 0. The number of nitrogens with two attached hydrogens (primary N) is 1. The highest BCUT2D eigenvalue weighted by Gasteiger charge is 2.26. The Labute approximate surface area is 103 Å². The number of nitrogens with zero attached hydrogens (tertiary/aromatic N) is 2. The second-order valence-corrected chi connectivity index (χ2v) is 4.68. The van der Waals surface area contributed by atoms with Gasteiger partial charge in [0.1, 0.15) is 5.82 Å². The maximum absolute atomic E-state index is 5.87. The Balaban J connectivity index is 2.04. The summed E-state index contributed by atoms with van der Waals surface area (Å²) in [5.74, 6) is 0.559. The van der Waals surface area contributed by atoms with Crippen LogP contribution in [0.15, 0.2) is 18.3 Å². The summed E-state index contributed by atoms with van der Waals surface area (Å²) in [5, 5.41) is 0. The highest BCUT2D eigenvalue weighted by molar-refractivity contribution is 5.30. The Morgan fingerprint density at radius 3 is 3.00 bits per heavy atom. The molecule has 0 aliphatic carbocycles. The van der Waals surface area contributed by atoms with Crippen LogP contribution in [0.2, 0.25) is 0 Å². The Morgan fingerprint density at radius 1 is 1.53 bits per heavy atom. The number of anilines is 1. The lowest BCUT2D eigenvalue weighted by Crippen LogP contribution is -2.45. The minimum Gasteiger partial charge on any atom is -0.384 e. The predicted molar refractivity (Wildman–Crippen MR) is 68.7 cm³/mol. The molecular formula is C13H21N3O. The van der Waals surface area contributed by atoms with E-state index >= 15 is 0 Å². The molecule has 1 aromatic rings. The second-order valence-electron chi connectivity index (χ2n) is 4.68. The van der Waals surface area contributed by atoms with E-state index in [0.717, 1.165) is 25.3 Å². The van der Waals surface area contributed by atoms with Gasteiger partial charge in [-0.15, -0.1) is 0 Å². The summed E-state index contributed by atoms with van der Waals surface area (Å²) in [4.78, 5) is 6.60. The molecule has 0 aromatic carbocycles. The number of morpholine rings is 1. The topological polar surface area (TPSA) is 51.4 Å². The van der Waals surface area contributed by atoms with Crippen LogP contribution in [0.1, 0.15) is 31.9 Å². The van der Waals surface area contributed by atoms with Crippen molar-refractivity contribution in [2.45, 2.75) is 32.4 Å². The average molecular weight is 235 g/mol. The SMILES string of the molecule is CCCN1C[C@@H](c2ccc(N)nc2)OC[C@@H]1C. The van der Waals surface area contributed by atoms with E-state index in [4.69, 9.17) is 10.5 Å². The normalized spacial score (nSPS) is 26.0. The summed E-state index contributed by atoms with van der Waals surface area (Å²) < 4.78 is 5.87. The second kappa shape index (κ2) is 5.47. The summed E-state index contributed by atoms with van der Waals surface area (Å²) in [6.45, 7) is 7.29. The largest absolute Gasteiger partial charge is 0.384 e. The first-order valence-corrected chi connectivity index (χ1v) is 6.27. The molecule has 2 atom stereocenters. The van der Waals surface area contributed by atoms with Gasteiger partial charge in [0.05, 0.1) is 12.7 Å². The molecular weight excluding hydrogens is 214 g/mol. The van der Waals surface area contributed by atoms with E-state index in [-0.39, 0.29) is 6.10 Å². The van der Waals surface area contributed by atoms with E-state index in [1.807, 2.05) is 18.3 Å². The molecule has 2 heterocycles. The first-order chi connectivity index (χ1) is 8.20. The van der Waals surface area contributed by atoms with Crippen LogP contribution in [-0.4, -0.2) is 35.6 Å². The molecule has 1 saturated heterocycles. The molecule has 0 amide bonds. The highest BCUT2D eigenvalue weighted by Crippen LogP contribution is 2.24. The van der Waals surface area contributed by atoms with Gasteiger partial charge in [0.25, 0.3) is 0 Å². The van der Waals surface area contributed by atoms with Gasteiger partial charge in [-0.25, -0.2) is 4.98 Å². The number of hydrogen-bond donors (Lipinski definition) is 1. The van der Waals surface area contributed by atoms with Gasteiger partial charge >= 0.3 is 0 Å². The third-order valence-corrected chi connectivity index (χ3v) is 3.25. The molecule has 2 rings (SSSR count). The standard InChI is InChI=1S/C13H21N3O/c1-3-6-16-8-12(17-9-10(16)2)11-4-5-13(14)15-7-11/h4-5,7,10,12H,3,6,8-9H2,1-2H3,(H2,14,15)/t10-,12-/m0/s1. The number of hydrogen-bond acceptors (Lipinski definition) is 4. The van der Waals surface area contributed by atoms with E-state index in [2.05, 4.69) is 23.7 Å². The molecule has 1 fully saturated rings. The quantitative estimate of drug-likeness (QED) is 0.868. The van der Waals surface area contributed by atoms with E-state index in [0.29, 0.717) is 11.9 Å². The maximum Gasteiger partial charge on any atom is 0.123 e. The molecule has 1 aliphatic heterocycles. The fourth-order valence-corrected chi connectivity index (χ4v) is 2.21. The van der Waals surface area contributed by atoms with E-state index in [9.17, 15) is 0 Å². The minimum atomic E-state index is 0.130. The number of nitrogen functional groups attached to an aromatic ring is 1. The molecule has 4 heteroatoms. The van der Waals surface area contributed by atoms with Crippen LogP contribution in [0.5, 0.6) is 0 Å². The zero-order valence-electron chi connectivity index (χ0n) is 10.6. The molecule has 4 nitrogen and oxygen atoms in total. The van der Waals surface area contributed by atoms with Crippen LogP contribution >= 0.6 is 0 Å². The zero-order valence-corrected chi connectivity index (χ0v) is 10.6. The number of aromatic nitrogens is 1. The summed E-state index contributed by atoms with van der Waals surface area (Å²) in [6, 6.07) is 4.35. The third kappa shape index (κ3) is 2.96. The van der Waals surface area contributed by atoms with Crippen molar-refractivity contribution in [3.63, 3.8) is 0 Å². The highest BCUT2D eigenvalue weighted by atomic mass is 16.5. The van der Waals surface area contributed by atoms with Gasteiger partial charge in [0.2, 0.25) is 0 Å². The summed E-state index contributed by atoms with van der Waals surface area (Å²) in [5.41, 5.74) is 6.71. The first kappa shape index (κ1) is 12.3. The summed E-state index contributed by atoms with van der Waals surface area (Å²) in [6.07, 6.45) is 3.13. The Morgan fingerprint density at radius 2 is 2.35 bits per heavy atom. The van der Waals surface area contributed by atoms with E-state index in [1.54, 1.807) is 0 Å². The maximum atomic E-state index is 5.87. The van der Waals surface area contributed by atoms with E-state index in [1.165, 1.54) is 6.42 Å². The molecule has 17 heavy (non-hydrogen) atoms. The summed E-state index contributed by atoms with van der Waals surface area (Å²) in [7, 11) is 0. The van der Waals surface area contributed by atoms with Gasteiger partial charge in [0.15, 0.2) is 0 Å². The van der Waals surface area contributed by atoms with Crippen molar-refractivity contribution in [1.82, 2.24) is 9.88 Å². The minimum absolute atomic E-state index is 0.130. The van der Waals surface area contributed by atoms with Crippen LogP contribution in [0.3, 0.4) is 0 Å². The number of pyridine rings is 1. The van der Waals surface area contributed by atoms with Crippen molar-refractivity contribution in [2.75, 3.05) is 25.4 Å². The lowest BCUT2D eigenvalue weighted by Gasteiger charge is -2.38. The zero-order chi connectivity index (χ0) is 12.3. The third-order valence-electron chi connectivity index (χ3n) is 3.25. The molecule has 2 N–H and O–H groups in total. The fraction of sp³-hybridized carbons (Fsp3) is 0.615. The van der Waals surface area contributed by atoms with Crippen molar-refractivity contribution in [3.8, 4) is 0 Å². The Bertz CT molecular complexity index is 352. The smallest absolute Gasteiger partial charge is 0.123 e.